The molecular formula is C9H14N4O. The summed E-state index contributed by atoms with van der Waals surface area (Å²) in [7, 11) is 0. The number of likely N-dealkylation sites (tertiary alicyclic amines) is 1. The van der Waals surface area contributed by atoms with E-state index in [-0.39, 0.29) is 11.9 Å². The molecule has 0 bridgehead atoms. The number of nitrogens with zero attached hydrogens (tertiary/aromatic N) is 2. The van der Waals surface area contributed by atoms with E-state index >= 15 is 0 Å². The molecule has 1 unspecified atom stereocenters. The van der Waals surface area contributed by atoms with Crippen LogP contribution in [0.15, 0.2) is 6.07 Å². The molecule has 1 atom stereocenters. The zero-order valence-corrected chi connectivity index (χ0v) is 8.16. The van der Waals surface area contributed by atoms with E-state index in [0.29, 0.717) is 12.2 Å². The molecule has 0 radical (unpaired) electrons. The SMILES string of the molecule is Cc1cc(C(=O)N2CCC(N)C2)n[nH]1. The van der Waals surface area contributed by atoms with Crippen LogP contribution in [0.25, 0.3) is 0 Å². The van der Waals surface area contributed by atoms with Crippen molar-refractivity contribution in [1.29, 1.82) is 0 Å². The van der Waals surface area contributed by atoms with Crippen molar-refractivity contribution in [3.63, 3.8) is 0 Å². The van der Waals surface area contributed by atoms with Gasteiger partial charge in [-0.3, -0.25) is 9.89 Å². The van der Waals surface area contributed by atoms with E-state index in [1.165, 1.54) is 0 Å². The number of nitrogens with one attached hydrogen (secondary N) is 1. The van der Waals surface area contributed by atoms with Crippen LogP contribution in [0, 0.1) is 6.92 Å². The highest BCUT2D eigenvalue weighted by molar-refractivity contribution is 5.92. The lowest BCUT2D eigenvalue weighted by atomic mass is 10.3. The molecule has 2 rings (SSSR count). The molecule has 0 saturated carbocycles. The fraction of sp³-hybridized carbons (Fsp3) is 0.556. The summed E-state index contributed by atoms with van der Waals surface area (Å²) in [6, 6.07) is 1.88. The first-order chi connectivity index (χ1) is 6.66. The fourth-order valence-electron chi connectivity index (χ4n) is 1.66. The second-order valence-corrected chi connectivity index (χ2v) is 3.74. The molecule has 1 aromatic rings. The zero-order valence-electron chi connectivity index (χ0n) is 8.16. The number of carbonyl (C=O) groups is 1. The number of hydrogen-bond acceptors (Lipinski definition) is 3. The number of carbonyl (C=O) groups excluding carboxylic acids is 1. The summed E-state index contributed by atoms with van der Waals surface area (Å²) in [5.41, 5.74) is 7.11. The lowest BCUT2D eigenvalue weighted by Crippen LogP contribution is -2.32. The molecule has 0 spiro atoms. The highest BCUT2D eigenvalue weighted by Gasteiger charge is 2.25. The minimum absolute atomic E-state index is 0.0256. The Hall–Kier alpha value is -1.36. The van der Waals surface area contributed by atoms with Crippen molar-refractivity contribution < 1.29 is 4.79 Å². The van der Waals surface area contributed by atoms with Crippen LogP contribution in [0.2, 0.25) is 0 Å². The van der Waals surface area contributed by atoms with Gasteiger partial charge in [0.25, 0.3) is 5.91 Å². The van der Waals surface area contributed by atoms with Gasteiger partial charge >= 0.3 is 0 Å². The number of aromatic nitrogens is 2. The molecule has 5 nitrogen and oxygen atoms in total. The summed E-state index contributed by atoms with van der Waals surface area (Å²) < 4.78 is 0. The molecule has 1 aromatic heterocycles. The molecule has 1 aliphatic rings. The monoisotopic (exact) mass is 194 g/mol. The van der Waals surface area contributed by atoms with Crippen molar-refractivity contribution in [2.45, 2.75) is 19.4 Å². The van der Waals surface area contributed by atoms with Gasteiger partial charge in [0.2, 0.25) is 0 Å². The first kappa shape index (κ1) is 9.21. The number of nitrogens with two attached hydrogens (primary N) is 1. The van der Waals surface area contributed by atoms with E-state index in [9.17, 15) is 4.79 Å². The minimum atomic E-state index is -0.0256. The van der Waals surface area contributed by atoms with E-state index < -0.39 is 0 Å². The van der Waals surface area contributed by atoms with Crippen molar-refractivity contribution >= 4 is 5.91 Å². The summed E-state index contributed by atoms with van der Waals surface area (Å²) in [6.45, 7) is 3.26. The van der Waals surface area contributed by atoms with E-state index in [0.717, 1.165) is 18.7 Å². The Labute approximate surface area is 82.3 Å². The summed E-state index contributed by atoms with van der Waals surface area (Å²) >= 11 is 0. The quantitative estimate of drug-likeness (QED) is 0.655. The molecule has 1 saturated heterocycles. The van der Waals surface area contributed by atoms with Crippen LogP contribution in [-0.4, -0.2) is 40.1 Å². The molecule has 0 aliphatic carbocycles. The fourth-order valence-corrected chi connectivity index (χ4v) is 1.66. The number of rotatable bonds is 1. The van der Waals surface area contributed by atoms with Gasteiger partial charge in [-0.1, -0.05) is 0 Å². The van der Waals surface area contributed by atoms with E-state index in [2.05, 4.69) is 10.2 Å². The number of aryl methyl sites for hydroxylation is 1. The largest absolute Gasteiger partial charge is 0.336 e. The smallest absolute Gasteiger partial charge is 0.274 e. The van der Waals surface area contributed by atoms with Crippen molar-refractivity contribution in [3.8, 4) is 0 Å². The Bertz CT molecular complexity index is 346. The van der Waals surface area contributed by atoms with Crippen LogP contribution in [0.3, 0.4) is 0 Å². The first-order valence-corrected chi connectivity index (χ1v) is 4.73. The zero-order chi connectivity index (χ0) is 10.1. The van der Waals surface area contributed by atoms with Gasteiger partial charge in [-0.25, -0.2) is 0 Å². The topological polar surface area (TPSA) is 75.0 Å². The third kappa shape index (κ3) is 1.63. The van der Waals surface area contributed by atoms with Gasteiger partial charge in [-0.2, -0.15) is 5.10 Å². The third-order valence-electron chi connectivity index (χ3n) is 2.44. The molecule has 5 heteroatoms. The predicted octanol–water partition coefficient (Wildman–Crippen LogP) is -0.109. The van der Waals surface area contributed by atoms with E-state index in [1.807, 2.05) is 6.92 Å². The van der Waals surface area contributed by atoms with Gasteiger partial charge < -0.3 is 10.6 Å². The maximum Gasteiger partial charge on any atom is 0.274 e. The molecule has 1 aliphatic heterocycles. The number of aromatic amines is 1. The van der Waals surface area contributed by atoms with Gasteiger partial charge in [0.05, 0.1) is 0 Å². The standard InChI is InChI=1S/C9H14N4O/c1-6-4-8(12-11-6)9(14)13-3-2-7(10)5-13/h4,7H,2-3,5,10H2,1H3,(H,11,12). The summed E-state index contributed by atoms with van der Waals surface area (Å²) in [5.74, 6) is -0.0256. The Morgan fingerprint density at radius 2 is 2.57 bits per heavy atom. The van der Waals surface area contributed by atoms with Gasteiger partial charge in [0.1, 0.15) is 5.69 Å². The van der Waals surface area contributed by atoms with Crippen molar-refractivity contribution in [2.24, 2.45) is 5.73 Å². The first-order valence-electron chi connectivity index (χ1n) is 4.73. The summed E-state index contributed by atoms with van der Waals surface area (Å²) in [4.78, 5) is 13.5. The molecule has 0 aromatic carbocycles. The second-order valence-electron chi connectivity index (χ2n) is 3.74. The average Bonchev–Trinajstić information content (AvgIpc) is 2.73. The van der Waals surface area contributed by atoms with E-state index in [1.54, 1.807) is 11.0 Å². The van der Waals surface area contributed by atoms with Crippen LogP contribution >= 0.6 is 0 Å². The molecule has 14 heavy (non-hydrogen) atoms. The van der Waals surface area contributed by atoms with E-state index in [4.69, 9.17) is 5.73 Å². The number of H-pyrrole nitrogens is 1. The van der Waals surface area contributed by atoms with Gasteiger partial charge in [-0.15, -0.1) is 0 Å². The molecule has 3 N–H and O–H groups in total. The van der Waals surface area contributed by atoms with Gasteiger partial charge in [0.15, 0.2) is 0 Å². The molecule has 76 valence electrons. The second kappa shape index (κ2) is 3.42. The number of amides is 1. The summed E-state index contributed by atoms with van der Waals surface area (Å²) in [5, 5.41) is 6.68. The highest BCUT2D eigenvalue weighted by atomic mass is 16.2. The van der Waals surface area contributed by atoms with Crippen LogP contribution in [0.5, 0.6) is 0 Å². The number of hydrogen-bond donors (Lipinski definition) is 2. The molecule has 1 fully saturated rings. The summed E-state index contributed by atoms with van der Waals surface area (Å²) in [6.07, 6.45) is 0.884. The lowest BCUT2D eigenvalue weighted by Gasteiger charge is -2.13. The lowest BCUT2D eigenvalue weighted by molar-refractivity contribution is 0.0785. The normalized spacial score (nSPS) is 21.6. The van der Waals surface area contributed by atoms with Gasteiger partial charge in [0, 0.05) is 24.8 Å². The van der Waals surface area contributed by atoms with Crippen molar-refractivity contribution in [1.82, 2.24) is 15.1 Å². The Kier molecular flexibility index (Phi) is 2.25. The Morgan fingerprint density at radius 3 is 3.07 bits per heavy atom. The van der Waals surface area contributed by atoms with Crippen LogP contribution in [-0.2, 0) is 0 Å². The molecular weight excluding hydrogens is 180 g/mol. The van der Waals surface area contributed by atoms with Crippen molar-refractivity contribution in [3.05, 3.63) is 17.5 Å². The maximum absolute atomic E-state index is 11.8. The third-order valence-corrected chi connectivity index (χ3v) is 2.44. The van der Waals surface area contributed by atoms with Crippen LogP contribution in [0.4, 0.5) is 0 Å². The molecule has 2 heterocycles. The van der Waals surface area contributed by atoms with Crippen LogP contribution < -0.4 is 5.73 Å². The van der Waals surface area contributed by atoms with Crippen molar-refractivity contribution in [2.75, 3.05) is 13.1 Å². The maximum atomic E-state index is 11.8. The Morgan fingerprint density at radius 1 is 1.79 bits per heavy atom. The predicted molar refractivity (Wildman–Crippen MR) is 51.8 cm³/mol. The Balaban J connectivity index is 2.09. The van der Waals surface area contributed by atoms with Crippen LogP contribution in [0.1, 0.15) is 22.6 Å². The molecule has 1 amide bonds. The highest BCUT2D eigenvalue weighted by Crippen LogP contribution is 2.11. The average molecular weight is 194 g/mol. The minimum Gasteiger partial charge on any atom is -0.336 e. The van der Waals surface area contributed by atoms with Gasteiger partial charge in [-0.05, 0) is 19.4 Å².